The van der Waals surface area contributed by atoms with Crippen molar-refractivity contribution in [3.63, 3.8) is 0 Å². The standard InChI is InChI=1S/C22H22N2O3S/c1-2-27-18-12-10-17(11-13-18)23-21(25)19(15-16-7-4-3-5-8-16)24-22(26)20-9-6-14-28-20/h3-14,19H,2,15H2,1H3,(H,23,25)(H,24,26). The molecule has 0 aliphatic rings. The van der Waals surface area contributed by atoms with Gasteiger partial charge in [0.05, 0.1) is 11.5 Å². The third-order valence-electron chi connectivity index (χ3n) is 4.08. The molecule has 5 nitrogen and oxygen atoms in total. The fourth-order valence-electron chi connectivity index (χ4n) is 2.73. The van der Waals surface area contributed by atoms with Gasteiger partial charge in [-0.1, -0.05) is 36.4 Å². The number of benzene rings is 2. The topological polar surface area (TPSA) is 67.4 Å². The normalized spacial score (nSPS) is 11.5. The maximum absolute atomic E-state index is 12.9. The summed E-state index contributed by atoms with van der Waals surface area (Å²) in [6, 6.07) is 19.7. The van der Waals surface area contributed by atoms with E-state index in [4.69, 9.17) is 4.74 Å². The summed E-state index contributed by atoms with van der Waals surface area (Å²) in [5.74, 6) is 0.225. The minimum absolute atomic E-state index is 0.252. The quantitative estimate of drug-likeness (QED) is 0.604. The van der Waals surface area contributed by atoms with E-state index in [1.54, 1.807) is 30.3 Å². The zero-order valence-electron chi connectivity index (χ0n) is 15.6. The Hall–Kier alpha value is -3.12. The van der Waals surface area contributed by atoms with Gasteiger partial charge < -0.3 is 15.4 Å². The van der Waals surface area contributed by atoms with Crippen LogP contribution in [0.25, 0.3) is 0 Å². The number of amides is 2. The average Bonchev–Trinajstić information content (AvgIpc) is 3.25. The molecule has 6 heteroatoms. The molecular formula is C22H22N2O3S. The molecule has 0 aliphatic carbocycles. The fraction of sp³-hybridized carbons (Fsp3) is 0.182. The van der Waals surface area contributed by atoms with Crippen LogP contribution in [0.3, 0.4) is 0 Å². The van der Waals surface area contributed by atoms with Crippen molar-refractivity contribution in [2.24, 2.45) is 0 Å². The molecule has 0 saturated heterocycles. The van der Waals surface area contributed by atoms with Crippen molar-refractivity contribution in [3.05, 3.63) is 82.6 Å². The summed E-state index contributed by atoms with van der Waals surface area (Å²) in [5.41, 5.74) is 1.62. The zero-order chi connectivity index (χ0) is 19.8. The van der Waals surface area contributed by atoms with Crippen LogP contribution in [0.4, 0.5) is 5.69 Å². The van der Waals surface area contributed by atoms with E-state index >= 15 is 0 Å². The Morgan fingerprint density at radius 1 is 1.00 bits per heavy atom. The van der Waals surface area contributed by atoms with Gasteiger partial charge in [0.15, 0.2) is 0 Å². The second-order valence-corrected chi connectivity index (χ2v) is 7.09. The molecule has 1 atom stereocenters. The molecule has 0 saturated carbocycles. The number of ether oxygens (including phenoxy) is 1. The van der Waals surface area contributed by atoms with Crippen molar-refractivity contribution in [2.75, 3.05) is 11.9 Å². The van der Waals surface area contributed by atoms with Gasteiger partial charge in [-0.3, -0.25) is 9.59 Å². The molecule has 1 unspecified atom stereocenters. The van der Waals surface area contributed by atoms with Crippen molar-refractivity contribution in [2.45, 2.75) is 19.4 Å². The Morgan fingerprint density at radius 2 is 1.75 bits per heavy atom. The highest BCUT2D eigenvalue weighted by atomic mass is 32.1. The zero-order valence-corrected chi connectivity index (χ0v) is 16.4. The molecule has 1 aromatic heterocycles. The van der Waals surface area contributed by atoms with Gasteiger partial charge in [0, 0.05) is 12.1 Å². The number of nitrogens with one attached hydrogen (secondary N) is 2. The minimum Gasteiger partial charge on any atom is -0.494 e. The van der Waals surface area contributed by atoms with Crippen LogP contribution in [0.2, 0.25) is 0 Å². The van der Waals surface area contributed by atoms with Crippen molar-refractivity contribution in [1.29, 1.82) is 0 Å². The first kappa shape index (κ1) is 19.6. The molecule has 0 radical (unpaired) electrons. The van der Waals surface area contributed by atoms with Gasteiger partial charge in [-0.15, -0.1) is 11.3 Å². The summed E-state index contributed by atoms with van der Waals surface area (Å²) in [7, 11) is 0. The highest BCUT2D eigenvalue weighted by molar-refractivity contribution is 7.12. The summed E-state index contributed by atoms with van der Waals surface area (Å²) in [6.07, 6.45) is 0.404. The van der Waals surface area contributed by atoms with Gasteiger partial charge in [-0.25, -0.2) is 0 Å². The van der Waals surface area contributed by atoms with E-state index in [0.717, 1.165) is 11.3 Å². The molecule has 0 spiro atoms. The summed E-state index contributed by atoms with van der Waals surface area (Å²) in [4.78, 5) is 25.9. The van der Waals surface area contributed by atoms with E-state index in [0.29, 0.717) is 23.6 Å². The Morgan fingerprint density at radius 3 is 2.39 bits per heavy atom. The number of anilines is 1. The van der Waals surface area contributed by atoms with Gasteiger partial charge >= 0.3 is 0 Å². The van der Waals surface area contributed by atoms with E-state index in [9.17, 15) is 9.59 Å². The van der Waals surface area contributed by atoms with Crippen LogP contribution >= 0.6 is 11.3 Å². The summed E-state index contributed by atoms with van der Waals surface area (Å²) in [5, 5.41) is 7.57. The van der Waals surface area contributed by atoms with Crippen molar-refractivity contribution in [3.8, 4) is 5.75 Å². The van der Waals surface area contributed by atoms with Crippen LogP contribution in [0.15, 0.2) is 72.1 Å². The number of thiophene rings is 1. The van der Waals surface area contributed by atoms with Crippen LogP contribution in [0.5, 0.6) is 5.75 Å². The highest BCUT2D eigenvalue weighted by Crippen LogP contribution is 2.17. The van der Waals surface area contributed by atoms with E-state index < -0.39 is 6.04 Å². The molecule has 144 valence electrons. The lowest BCUT2D eigenvalue weighted by molar-refractivity contribution is -0.118. The molecule has 28 heavy (non-hydrogen) atoms. The largest absolute Gasteiger partial charge is 0.494 e. The van der Waals surface area contributed by atoms with Gasteiger partial charge in [0.2, 0.25) is 5.91 Å². The van der Waals surface area contributed by atoms with Crippen LogP contribution in [-0.4, -0.2) is 24.5 Å². The van der Waals surface area contributed by atoms with Crippen LogP contribution in [-0.2, 0) is 11.2 Å². The molecule has 0 aliphatic heterocycles. The summed E-state index contributed by atoms with van der Waals surface area (Å²) < 4.78 is 5.42. The summed E-state index contributed by atoms with van der Waals surface area (Å²) in [6.45, 7) is 2.50. The monoisotopic (exact) mass is 394 g/mol. The first-order valence-corrected chi connectivity index (χ1v) is 9.95. The van der Waals surface area contributed by atoms with Crippen molar-refractivity contribution < 1.29 is 14.3 Å². The smallest absolute Gasteiger partial charge is 0.262 e. The van der Waals surface area contributed by atoms with Gasteiger partial charge in [-0.05, 0) is 48.2 Å². The summed E-state index contributed by atoms with van der Waals surface area (Å²) >= 11 is 1.34. The lowest BCUT2D eigenvalue weighted by Crippen LogP contribution is -2.45. The Labute approximate surface area is 168 Å². The Balaban J connectivity index is 1.72. The number of hydrogen-bond acceptors (Lipinski definition) is 4. The van der Waals surface area contributed by atoms with Crippen molar-refractivity contribution >= 4 is 28.8 Å². The van der Waals surface area contributed by atoms with Crippen LogP contribution < -0.4 is 15.4 Å². The number of carbonyl (C=O) groups excluding carboxylic acids is 2. The first-order valence-electron chi connectivity index (χ1n) is 9.07. The average molecular weight is 394 g/mol. The number of rotatable bonds is 8. The van der Waals surface area contributed by atoms with E-state index in [-0.39, 0.29) is 11.8 Å². The fourth-order valence-corrected chi connectivity index (χ4v) is 3.35. The molecule has 2 N–H and O–H groups in total. The predicted octanol–water partition coefficient (Wildman–Crippen LogP) is 4.13. The molecule has 2 aromatic carbocycles. The maximum Gasteiger partial charge on any atom is 0.262 e. The Kier molecular flexibility index (Phi) is 6.81. The van der Waals surface area contributed by atoms with Crippen LogP contribution in [0.1, 0.15) is 22.2 Å². The molecule has 3 aromatic rings. The second kappa shape index (κ2) is 9.71. The SMILES string of the molecule is CCOc1ccc(NC(=O)C(Cc2ccccc2)NC(=O)c2cccs2)cc1. The molecule has 1 heterocycles. The van der Waals surface area contributed by atoms with E-state index in [2.05, 4.69) is 10.6 Å². The maximum atomic E-state index is 12.9. The molecule has 0 bridgehead atoms. The number of carbonyl (C=O) groups is 2. The molecule has 0 fully saturated rings. The first-order chi connectivity index (χ1) is 13.7. The third kappa shape index (κ3) is 5.44. The van der Waals surface area contributed by atoms with Gasteiger partial charge in [-0.2, -0.15) is 0 Å². The molecule has 2 amide bonds. The lowest BCUT2D eigenvalue weighted by Gasteiger charge is -2.18. The number of hydrogen-bond donors (Lipinski definition) is 2. The Bertz CT molecular complexity index is 893. The van der Waals surface area contributed by atoms with Gasteiger partial charge in [0.1, 0.15) is 11.8 Å². The lowest BCUT2D eigenvalue weighted by atomic mass is 10.0. The minimum atomic E-state index is -0.691. The van der Waals surface area contributed by atoms with E-state index in [1.807, 2.05) is 48.7 Å². The predicted molar refractivity (Wildman–Crippen MR) is 112 cm³/mol. The van der Waals surface area contributed by atoms with Crippen molar-refractivity contribution in [1.82, 2.24) is 5.32 Å². The highest BCUT2D eigenvalue weighted by Gasteiger charge is 2.22. The van der Waals surface area contributed by atoms with Gasteiger partial charge in [0.25, 0.3) is 5.91 Å². The van der Waals surface area contributed by atoms with Crippen LogP contribution in [0, 0.1) is 0 Å². The molecular weight excluding hydrogens is 372 g/mol. The third-order valence-corrected chi connectivity index (χ3v) is 4.95. The van der Waals surface area contributed by atoms with E-state index in [1.165, 1.54) is 11.3 Å². The molecule has 3 rings (SSSR count). The second-order valence-electron chi connectivity index (χ2n) is 6.14.